The van der Waals surface area contributed by atoms with Gasteiger partial charge in [0.1, 0.15) is 5.82 Å². The number of tetrazole rings is 1. The van der Waals surface area contributed by atoms with Crippen molar-refractivity contribution in [3.8, 4) is 22.5 Å². The average molecular weight is 452 g/mol. The summed E-state index contributed by atoms with van der Waals surface area (Å²) in [6, 6.07) is 15.8. The monoisotopic (exact) mass is 451 g/mol. The van der Waals surface area contributed by atoms with Crippen molar-refractivity contribution in [2.45, 2.75) is 58.4 Å². The average Bonchev–Trinajstić information content (AvgIpc) is 3.50. The SMILES string of the molecule is CCCC(F)(F)c1nc(Cc2ccc(-c3ccccc3-c3nn[nH]n3)cc2)n(C(C)CC)n1. The number of aromatic amines is 1. The molecule has 2 aromatic carbocycles. The molecule has 172 valence electrons. The molecule has 0 bridgehead atoms. The largest absolute Gasteiger partial charge is 0.308 e. The Hall–Kier alpha value is -3.49. The second-order valence-corrected chi connectivity index (χ2v) is 8.16. The third-order valence-electron chi connectivity index (χ3n) is 5.74. The first-order chi connectivity index (χ1) is 15.9. The first kappa shape index (κ1) is 22.7. The van der Waals surface area contributed by atoms with Crippen LogP contribution in [0.1, 0.15) is 63.3 Å². The van der Waals surface area contributed by atoms with Gasteiger partial charge in [-0.15, -0.1) is 15.3 Å². The highest BCUT2D eigenvalue weighted by atomic mass is 19.3. The summed E-state index contributed by atoms with van der Waals surface area (Å²) in [6.07, 6.45) is 1.31. The maximum atomic E-state index is 14.5. The van der Waals surface area contributed by atoms with Gasteiger partial charge in [0.25, 0.3) is 0 Å². The Balaban J connectivity index is 1.62. The van der Waals surface area contributed by atoms with Gasteiger partial charge in [-0.05, 0) is 41.7 Å². The molecule has 0 saturated heterocycles. The first-order valence-corrected chi connectivity index (χ1v) is 11.2. The summed E-state index contributed by atoms with van der Waals surface area (Å²) >= 11 is 0. The van der Waals surface area contributed by atoms with Gasteiger partial charge in [-0.2, -0.15) is 14.0 Å². The highest BCUT2D eigenvalue weighted by Crippen LogP contribution is 2.32. The zero-order chi connectivity index (χ0) is 23.4. The maximum Gasteiger partial charge on any atom is 0.308 e. The second-order valence-electron chi connectivity index (χ2n) is 8.16. The van der Waals surface area contributed by atoms with Crippen molar-refractivity contribution in [3.05, 3.63) is 65.7 Å². The number of benzene rings is 2. The molecule has 0 amide bonds. The molecule has 0 aliphatic rings. The molecule has 33 heavy (non-hydrogen) atoms. The predicted octanol–water partition coefficient (Wildman–Crippen LogP) is 5.58. The Morgan fingerprint density at radius 3 is 2.39 bits per heavy atom. The molecule has 4 rings (SSSR count). The minimum atomic E-state index is -3.02. The molecule has 0 spiro atoms. The number of nitrogens with zero attached hydrogens (tertiary/aromatic N) is 6. The van der Waals surface area contributed by atoms with Crippen LogP contribution < -0.4 is 0 Å². The van der Waals surface area contributed by atoms with E-state index < -0.39 is 5.92 Å². The third-order valence-corrected chi connectivity index (χ3v) is 5.74. The number of alkyl halides is 2. The van der Waals surface area contributed by atoms with E-state index in [4.69, 9.17) is 0 Å². The summed E-state index contributed by atoms with van der Waals surface area (Å²) in [5, 5.41) is 18.5. The minimum absolute atomic E-state index is 0.0141. The second kappa shape index (κ2) is 9.56. The highest BCUT2D eigenvalue weighted by Gasteiger charge is 2.36. The molecular formula is C24H27F2N7. The van der Waals surface area contributed by atoms with Crippen molar-refractivity contribution < 1.29 is 8.78 Å². The maximum absolute atomic E-state index is 14.5. The van der Waals surface area contributed by atoms with E-state index in [1.165, 1.54) is 0 Å². The van der Waals surface area contributed by atoms with E-state index in [0.717, 1.165) is 28.7 Å². The summed E-state index contributed by atoms with van der Waals surface area (Å²) in [6.45, 7) is 5.72. The summed E-state index contributed by atoms with van der Waals surface area (Å²) in [7, 11) is 0. The zero-order valence-corrected chi connectivity index (χ0v) is 19.0. The van der Waals surface area contributed by atoms with Crippen LogP contribution in [0.25, 0.3) is 22.5 Å². The van der Waals surface area contributed by atoms with Crippen molar-refractivity contribution in [3.63, 3.8) is 0 Å². The fourth-order valence-electron chi connectivity index (χ4n) is 3.77. The van der Waals surface area contributed by atoms with Gasteiger partial charge in [0.05, 0.1) is 6.04 Å². The highest BCUT2D eigenvalue weighted by molar-refractivity contribution is 5.80. The molecule has 0 fully saturated rings. The van der Waals surface area contributed by atoms with E-state index in [1.54, 1.807) is 11.6 Å². The molecule has 1 N–H and O–H groups in total. The number of nitrogens with one attached hydrogen (secondary N) is 1. The molecule has 2 heterocycles. The quantitative estimate of drug-likeness (QED) is 0.359. The van der Waals surface area contributed by atoms with Crippen LogP contribution in [0.2, 0.25) is 0 Å². The lowest BCUT2D eigenvalue weighted by Crippen LogP contribution is -2.16. The lowest BCUT2D eigenvalue weighted by atomic mass is 9.98. The van der Waals surface area contributed by atoms with Crippen molar-refractivity contribution in [2.75, 3.05) is 0 Å². The number of halogens is 2. The van der Waals surface area contributed by atoms with Gasteiger partial charge in [-0.3, -0.25) is 0 Å². The van der Waals surface area contributed by atoms with E-state index in [-0.39, 0.29) is 18.3 Å². The van der Waals surface area contributed by atoms with Crippen LogP contribution in [0, 0.1) is 0 Å². The molecule has 7 nitrogen and oxygen atoms in total. The lowest BCUT2D eigenvalue weighted by molar-refractivity contribution is -0.0233. The number of H-pyrrole nitrogens is 1. The standard InChI is InChI=1S/C24H27F2N7/c1-4-14-24(25,26)23-27-21(33(30-23)16(3)5-2)15-17-10-12-18(13-11-17)19-8-6-7-9-20(19)22-28-31-32-29-22/h6-13,16H,4-5,14-15H2,1-3H3,(H,28,29,31,32). The molecular weight excluding hydrogens is 424 g/mol. The van der Waals surface area contributed by atoms with Crippen LogP contribution in [0.5, 0.6) is 0 Å². The molecule has 2 aromatic heterocycles. The zero-order valence-electron chi connectivity index (χ0n) is 19.0. The van der Waals surface area contributed by atoms with Gasteiger partial charge in [0, 0.05) is 18.4 Å². The topological polar surface area (TPSA) is 85.2 Å². The number of aromatic nitrogens is 7. The van der Waals surface area contributed by atoms with E-state index in [1.807, 2.05) is 62.4 Å². The van der Waals surface area contributed by atoms with E-state index in [2.05, 4.69) is 30.7 Å². The van der Waals surface area contributed by atoms with Gasteiger partial charge in [-0.1, -0.05) is 62.4 Å². The van der Waals surface area contributed by atoms with Crippen LogP contribution in [-0.2, 0) is 12.3 Å². The normalized spacial score (nSPS) is 12.8. The Bertz CT molecular complexity index is 1180. The predicted molar refractivity (Wildman–Crippen MR) is 122 cm³/mol. The van der Waals surface area contributed by atoms with Gasteiger partial charge in [-0.25, -0.2) is 9.67 Å². The van der Waals surface area contributed by atoms with Crippen LogP contribution in [0.4, 0.5) is 8.78 Å². The smallest absolute Gasteiger partial charge is 0.246 e. The van der Waals surface area contributed by atoms with E-state index in [9.17, 15) is 8.78 Å². The van der Waals surface area contributed by atoms with Crippen molar-refractivity contribution >= 4 is 0 Å². The first-order valence-electron chi connectivity index (χ1n) is 11.2. The Morgan fingerprint density at radius 1 is 1.03 bits per heavy atom. The van der Waals surface area contributed by atoms with E-state index in [0.29, 0.717) is 24.5 Å². The Morgan fingerprint density at radius 2 is 1.76 bits per heavy atom. The van der Waals surface area contributed by atoms with Gasteiger partial charge >= 0.3 is 5.92 Å². The summed E-state index contributed by atoms with van der Waals surface area (Å²) in [5.41, 5.74) is 3.82. The van der Waals surface area contributed by atoms with Crippen molar-refractivity contribution in [2.24, 2.45) is 0 Å². The molecule has 0 saturated carbocycles. The molecule has 1 unspecified atom stereocenters. The van der Waals surface area contributed by atoms with Gasteiger partial charge in [0.2, 0.25) is 11.6 Å². The number of hydrogen-bond donors (Lipinski definition) is 1. The number of rotatable bonds is 9. The number of hydrogen-bond acceptors (Lipinski definition) is 5. The van der Waals surface area contributed by atoms with E-state index >= 15 is 0 Å². The molecule has 1 atom stereocenters. The molecule has 4 aromatic rings. The molecule has 0 aliphatic heterocycles. The molecule has 0 radical (unpaired) electrons. The van der Waals surface area contributed by atoms with Crippen LogP contribution in [-0.4, -0.2) is 35.4 Å². The van der Waals surface area contributed by atoms with Gasteiger partial charge < -0.3 is 0 Å². The Labute approximate surface area is 191 Å². The van der Waals surface area contributed by atoms with Crippen molar-refractivity contribution in [1.82, 2.24) is 35.4 Å². The minimum Gasteiger partial charge on any atom is -0.246 e. The van der Waals surface area contributed by atoms with Crippen molar-refractivity contribution in [1.29, 1.82) is 0 Å². The molecule has 9 heteroatoms. The fourth-order valence-corrected chi connectivity index (χ4v) is 3.77. The van der Waals surface area contributed by atoms with Gasteiger partial charge in [0.15, 0.2) is 0 Å². The van der Waals surface area contributed by atoms with Crippen LogP contribution in [0.15, 0.2) is 48.5 Å². The third kappa shape index (κ3) is 4.81. The molecule has 0 aliphatic carbocycles. The summed E-state index contributed by atoms with van der Waals surface area (Å²) < 4.78 is 30.6. The lowest BCUT2D eigenvalue weighted by Gasteiger charge is -2.13. The van der Waals surface area contributed by atoms with Crippen LogP contribution in [0.3, 0.4) is 0 Å². The Kier molecular flexibility index (Phi) is 6.57. The summed E-state index contributed by atoms with van der Waals surface area (Å²) in [4.78, 5) is 4.27. The summed E-state index contributed by atoms with van der Waals surface area (Å²) in [5.74, 6) is -2.33. The fraction of sp³-hybridized carbons (Fsp3) is 0.375. The van der Waals surface area contributed by atoms with Crippen LogP contribution >= 0.6 is 0 Å².